The van der Waals surface area contributed by atoms with E-state index >= 15 is 0 Å². The van der Waals surface area contributed by atoms with Crippen molar-refractivity contribution in [3.05, 3.63) is 71.3 Å². The summed E-state index contributed by atoms with van der Waals surface area (Å²) >= 11 is 0. The van der Waals surface area contributed by atoms with Crippen LogP contribution >= 0.6 is 0 Å². The van der Waals surface area contributed by atoms with Crippen LogP contribution in [0.5, 0.6) is 0 Å². The van der Waals surface area contributed by atoms with Crippen molar-refractivity contribution in [3.63, 3.8) is 0 Å². The van der Waals surface area contributed by atoms with Crippen LogP contribution in [0.4, 0.5) is 0 Å². The van der Waals surface area contributed by atoms with Crippen LogP contribution in [0.15, 0.2) is 54.6 Å². The van der Waals surface area contributed by atoms with Gasteiger partial charge >= 0.3 is 11.9 Å². The summed E-state index contributed by atoms with van der Waals surface area (Å²) in [6.45, 7) is 4.39. The molecule has 0 aromatic heterocycles. The molecule has 2 aromatic rings. The lowest BCUT2D eigenvalue weighted by Gasteiger charge is -2.18. The third kappa shape index (κ3) is 5.45. The van der Waals surface area contributed by atoms with Gasteiger partial charge in [0.25, 0.3) is 0 Å². The van der Waals surface area contributed by atoms with Gasteiger partial charge in [0, 0.05) is 5.56 Å². The monoisotopic (exact) mass is 354 g/mol. The highest BCUT2D eigenvalue weighted by atomic mass is 16.6. The number of rotatable bonds is 9. The molecule has 0 spiro atoms. The molecule has 0 aliphatic carbocycles. The highest BCUT2D eigenvalue weighted by Crippen LogP contribution is 2.22. The first kappa shape index (κ1) is 19.7. The van der Waals surface area contributed by atoms with Crippen molar-refractivity contribution in [2.75, 3.05) is 6.61 Å². The number of ether oxygens (including phenoxy) is 2. The predicted molar refractivity (Wildman–Crippen MR) is 101 cm³/mol. The van der Waals surface area contributed by atoms with Gasteiger partial charge in [-0.15, -0.1) is 0 Å². The van der Waals surface area contributed by atoms with E-state index in [2.05, 4.69) is 6.92 Å². The van der Waals surface area contributed by atoms with Gasteiger partial charge in [-0.05, 0) is 24.5 Å². The molecule has 138 valence electrons. The summed E-state index contributed by atoms with van der Waals surface area (Å²) in [6.07, 6.45) is 2.49. The maximum atomic E-state index is 12.7. The Morgan fingerprint density at radius 2 is 1.62 bits per heavy atom. The molecule has 1 unspecified atom stereocenters. The Morgan fingerprint density at radius 3 is 2.31 bits per heavy atom. The van der Waals surface area contributed by atoms with E-state index in [1.165, 1.54) is 0 Å². The molecular formula is C22H26O4. The minimum absolute atomic E-state index is 0.332. The van der Waals surface area contributed by atoms with Crippen LogP contribution in [0.3, 0.4) is 0 Å². The van der Waals surface area contributed by atoms with Gasteiger partial charge in [0.05, 0.1) is 12.2 Å². The summed E-state index contributed by atoms with van der Waals surface area (Å²) in [5.74, 6) is -1.04. The van der Waals surface area contributed by atoms with Crippen molar-refractivity contribution in [1.29, 1.82) is 0 Å². The number of benzene rings is 2. The molecule has 0 aliphatic heterocycles. The molecule has 0 N–H and O–H groups in total. The van der Waals surface area contributed by atoms with Crippen LogP contribution in [0.1, 0.15) is 60.7 Å². The van der Waals surface area contributed by atoms with Crippen molar-refractivity contribution in [3.8, 4) is 0 Å². The van der Waals surface area contributed by atoms with E-state index in [4.69, 9.17) is 9.47 Å². The largest absolute Gasteiger partial charge is 0.463 e. The third-order valence-electron chi connectivity index (χ3n) is 4.15. The predicted octanol–water partition coefficient (Wildman–Crippen LogP) is 4.88. The van der Waals surface area contributed by atoms with Crippen LogP contribution in [0, 0.1) is 0 Å². The Kier molecular flexibility index (Phi) is 7.87. The zero-order chi connectivity index (χ0) is 18.8. The quantitative estimate of drug-likeness (QED) is 0.476. The topological polar surface area (TPSA) is 52.6 Å². The van der Waals surface area contributed by atoms with Crippen molar-refractivity contribution in [1.82, 2.24) is 0 Å². The summed E-state index contributed by atoms with van der Waals surface area (Å²) in [5.41, 5.74) is 1.98. The highest BCUT2D eigenvalue weighted by molar-refractivity contribution is 5.93. The molecule has 0 heterocycles. The lowest BCUT2D eigenvalue weighted by Crippen LogP contribution is -2.23. The number of hydrogen-bond acceptors (Lipinski definition) is 4. The van der Waals surface area contributed by atoms with Crippen LogP contribution < -0.4 is 0 Å². The maximum Gasteiger partial charge on any atom is 0.352 e. The van der Waals surface area contributed by atoms with Crippen molar-refractivity contribution >= 4 is 11.9 Å². The molecule has 0 radical (unpaired) electrons. The second-order valence-corrected chi connectivity index (χ2v) is 6.08. The molecule has 0 aliphatic rings. The Hall–Kier alpha value is -2.62. The normalized spacial score (nSPS) is 11.6. The number of unbranched alkanes of at least 4 members (excludes halogenated alkanes) is 2. The van der Waals surface area contributed by atoms with Crippen LogP contribution in [-0.2, 0) is 20.7 Å². The second-order valence-electron chi connectivity index (χ2n) is 6.08. The van der Waals surface area contributed by atoms with Crippen LogP contribution in [0.25, 0.3) is 0 Å². The van der Waals surface area contributed by atoms with Gasteiger partial charge in [-0.3, -0.25) is 0 Å². The molecule has 26 heavy (non-hydrogen) atoms. The smallest absolute Gasteiger partial charge is 0.352 e. The maximum absolute atomic E-state index is 12.7. The zero-order valence-corrected chi connectivity index (χ0v) is 15.4. The fraction of sp³-hybridized carbons (Fsp3) is 0.364. The third-order valence-corrected chi connectivity index (χ3v) is 4.15. The Balaban J connectivity index is 2.16. The van der Waals surface area contributed by atoms with Gasteiger partial charge in [0.2, 0.25) is 6.10 Å². The first-order chi connectivity index (χ1) is 12.7. The van der Waals surface area contributed by atoms with E-state index in [0.29, 0.717) is 24.2 Å². The van der Waals surface area contributed by atoms with Gasteiger partial charge in [-0.1, -0.05) is 75.2 Å². The summed E-state index contributed by atoms with van der Waals surface area (Å²) in [6, 6.07) is 16.3. The Morgan fingerprint density at radius 1 is 0.923 bits per heavy atom. The van der Waals surface area contributed by atoms with Crippen LogP contribution in [0.2, 0.25) is 0 Å². The SMILES string of the molecule is CCCCCOC(=O)C(OC(=O)c1ccccc1CC)c1ccccc1. The summed E-state index contributed by atoms with van der Waals surface area (Å²) in [7, 11) is 0. The molecule has 2 aromatic carbocycles. The number of aryl methyl sites for hydroxylation is 1. The van der Waals surface area contributed by atoms with Gasteiger partial charge in [0.15, 0.2) is 0 Å². The van der Waals surface area contributed by atoms with E-state index in [-0.39, 0.29) is 0 Å². The van der Waals surface area contributed by atoms with Gasteiger partial charge in [0.1, 0.15) is 0 Å². The zero-order valence-electron chi connectivity index (χ0n) is 15.4. The average Bonchev–Trinajstić information content (AvgIpc) is 2.69. The molecule has 4 heteroatoms. The van der Waals surface area contributed by atoms with E-state index in [1.54, 1.807) is 36.4 Å². The van der Waals surface area contributed by atoms with Crippen molar-refractivity contribution in [2.45, 2.75) is 45.6 Å². The van der Waals surface area contributed by atoms with Gasteiger partial charge in [-0.25, -0.2) is 9.59 Å². The van der Waals surface area contributed by atoms with Gasteiger partial charge < -0.3 is 9.47 Å². The van der Waals surface area contributed by atoms with E-state index in [9.17, 15) is 9.59 Å². The fourth-order valence-corrected chi connectivity index (χ4v) is 2.68. The van der Waals surface area contributed by atoms with Crippen LogP contribution in [-0.4, -0.2) is 18.5 Å². The molecule has 1 atom stereocenters. The lowest BCUT2D eigenvalue weighted by atomic mass is 10.1. The minimum atomic E-state index is -1.06. The summed E-state index contributed by atoms with van der Waals surface area (Å²) in [4.78, 5) is 25.2. The van der Waals surface area contributed by atoms with Crippen molar-refractivity contribution < 1.29 is 19.1 Å². The van der Waals surface area contributed by atoms with Gasteiger partial charge in [-0.2, -0.15) is 0 Å². The standard InChI is InChI=1S/C22H26O4/c1-3-5-11-16-25-22(24)20(18-13-7-6-8-14-18)26-21(23)19-15-10-9-12-17(19)4-2/h6-10,12-15,20H,3-5,11,16H2,1-2H3. The number of carbonyl (C=O) groups is 2. The number of hydrogen-bond donors (Lipinski definition) is 0. The molecule has 0 amide bonds. The lowest BCUT2D eigenvalue weighted by molar-refractivity contribution is -0.154. The number of esters is 2. The minimum Gasteiger partial charge on any atom is -0.463 e. The molecule has 0 bridgehead atoms. The molecule has 0 saturated heterocycles. The molecule has 2 rings (SSSR count). The van der Waals surface area contributed by atoms with E-state index in [0.717, 1.165) is 24.8 Å². The fourth-order valence-electron chi connectivity index (χ4n) is 2.68. The molecule has 0 saturated carbocycles. The highest BCUT2D eigenvalue weighted by Gasteiger charge is 2.27. The molecular weight excluding hydrogens is 328 g/mol. The number of carbonyl (C=O) groups excluding carboxylic acids is 2. The Bertz CT molecular complexity index is 709. The average molecular weight is 354 g/mol. The Labute approximate surface area is 155 Å². The molecule has 0 fully saturated rings. The first-order valence-electron chi connectivity index (χ1n) is 9.17. The van der Waals surface area contributed by atoms with E-state index < -0.39 is 18.0 Å². The summed E-state index contributed by atoms with van der Waals surface area (Å²) in [5, 5.41) is 0. The molecule has 4 nitrogen and oxygen atoms in total. The van der Waals surface area contributed by atoms with Crippen molar-refractivity contribution in [2.24, 2.45) is 0 Å². The first-order valence-corrected chi connectivity index (χ1v) is 9.17. The second kappa shape index (κ2) is 10.4. The van der Waals surface area contributed by atoms with E-state index in [1.807, 2.05) is 25.1 Å². The summed E-state index contributed by atoms with van der Waals surface area (Å²) < 4.78 is 10.9.